The Hall–Kier alpha value is -4.36. The number of thiophene rings is 4. The van der Waals surface area contributed by atoms with Crippen LogP contribution in [-0.4, -0.2) is 35.6 Å². The number of nitrogens with one attached hydrogen (secondary N) is 3. The summed E-state index contributed by atoms with van der Waals surface area (Å²) in [6, 6.07) is 15.5. The topological polar surface area (TPSA) is 108 Å². The maximum atomic E-state index is 13.4. The number of likely N-dealkylation sites (N-methyl/N-ethyl adjacent to an activating group) is 1. The molecule has 0 bridgehead atoms. The highest BCUT2D eigenvalue weighted by molar-refractivity contribution is 7.23. The van der Waals surface area contributed by atoms with Crippen LogP contribution >= 0.6 is 45.3 Å². The van der Waals surface area contributed by atoms with Gasteiger partial charge in [-0.05, 0) is 62.4 Å². The van der Waals surface area contributed by atoms with E-state index in [2.05, 4.69) is 16.0 Å². The molecule has 0 spiro atoms. The zero-order chi connectivity index (χ0) is 29.7. The Bertz CT molecular complexity index is 2130. The summed E-state index contributed by atoms with van der Waals surface area (Å²) in [5, 5.41) is 8.75. The molecule has 4 aromatic heterocycles. The minimum atomic E-state index is -0.295. The Balaban J connectivity index is 1.16. The maximum absolute atomic E-state index is 13.4. The molecule has 0 aromatic carbocycles. The molecule has 43 heavy (non-hydrogen) atoms. The quantitative estimate of drug-likeness (QED) is 0.275. The van der Waals surface area contributed by atoms with Crippen molar-refractivity contribution in [1.82, 2.24) is 20.9 Å². The normalized spacial score (nSPS) is 18.0. The number of rotatable bonds is 5. The smallest absolute Gasteiger partial charge is 0.261 e. The summed E-state index contributed by atoms with van der Waals surface area (Å²) < 4.78 is 0. The molecule has 8 rings (SSSR count). The molecule has 0 saturated heterocycles. The highest BCUT2D eigenvalue weighted by Crippen LogP contribution is 2.47. The minimum absolute atomic E-state index is 0.209. The van der Waals surface area contributed by atoms with Gasteiger partial charge in [0.1, 0.15) is 0 Å². The molecule has 0 saturated carbocycles. The predicted molar refractivity (Wildman–Crippen MR) is 171 cm³/mol. The van der Waals surface area contributed by atoms with Gasteiger partial charge in [-0.2, -0.15) is 0 Å². The van der Waals surface area contributed by atoms with E-state index in [-0.39, 0.29) is 23.6 Å². The van der Waals surface area contributed by atoms with Crippen LogP contribution in [0.4, 0.5) is 0 Å². The number of carbonyl (C=O) groups excluding carboxylic acids is 4. The van der Waals surface area contributed by atoms with Crippen molar-refractivity contribution in [2.45, 2.75) is 13.8 Å². The summed E-state index contributed by atoms with van der Waals surface area (Å²) in [6.07, 6.45) is 0. The van der Waals surface area contributed by atoms with Crippen LogP contribution in [0.2, 0.25) is 0 Å². The molecule has 4 aliphatic heterocycles. The number of nitrogens with zero attached hydrogens (tertiary/aromatic N) is 1. The van der Waals surface area contributed by atoms with E-state index >= 15 is 0 Å². The molecule has 12 heteroatoms. The van der Waals surface area contributed by atoms with E-state index in [0.717, 1.165) is 39.0 Å². The molecule has 0 unspecified atom stereocenters. The molecule has 8 heterocycles. The van der Waals surface area contributed by atoms with Crippen molar-refractivity contribution >= 4 is 91.8 Å². The summed E-state index contributed by atoms with van der Waals surface area (Å²) >= 11 is 6.02. The van der Waals surface area contributed by atoms with Crippen LogP contribution in [0.5, 0.6) is 0 Å². The average Bonchev–Trinajstić information content (AvgIpc) is 3.80. The van der Waals surface area contributed by atoms with Crippen molar-refractivity contribution in [2.75, 3.05) is 7.05 Å². The maximum Gasteiger partial charge on any atom is 0.261 e. The zero-order valence-corrected chi connectivity index (χ0v) is 26.1. The Morgan fingerprint density at radius 3 is 1.40 bits per heavy atom. The van der Waals surface area contributed by atoms with Gasteiger partial charge in [-0.15, -0.1) is 45.3 Å². The van der Waals surface area contributed by atoms with Crippen molar-refractivity contribution in [3.05, 3.63) is 100 Å². The lowest BCUT2D eigenvalue weighted by Gasteiger charge is -2.14. The number of fused-ring (bicyclic) bond motifs is 2. The summed E-state index contributed by atoms with van der Waals surface area (Å²) in [7, 11) is 1.70. The second kappa shape index (κ2) is 9.32. The van der Waals surface area contributed by atoms with Crippen LogP contribution in [0.25, 0.3) is 32.5 Å². The Kier molecular flexibility index (Phi) is 5.70. The lowest BCUT2D eigenvalue weighted by Crippen LogP contribution is -2.23. The van der Waals surface area contributed by atoms with Gasteiger partial charge in [-0.25, -0.2) is 0 Å². The second-order valence-electron chi connectivity index (χ2n) is 10.3. The minimum Gasteiger partial charge on any atom is -0.320 e. The standard InChI is InChI=1S/C31H20N4O4S4/c1-12-4-6-16(40-12)24-20-21(29(37)32-24)25(33-28(20)36)18-10-8-14(42-18)15-9-11-19(43-15)27-23-22(31(39)35(27)3)26(34-30(23)38)17-7-5-13(2)41-17/h4-11H,1-3H3,(H,32,37)(H,33,36)(H,34,38). The highest BCUT2D eigenvalue weighted by atomic mass is 32.1. The molecule has 0 atom stereocenters. The van der Waals surface area contributed by atoms with E-state index in [1.807, 2.05) is 62.4 Å². The van der Waals surface area contributed by atoms with Crippen LogP contribution in [0.3, 0.4) is 0 Å². The fraction of sp³-hybridized carbons (Fsp3) is 0.0968. The summed E-state index contributed by atoms with van der Waals surface area (Å²) in [4.78, 5) is 61.5. The van der Waals surface area contributed by atoms with Gasteiger partial charge >= 0.3 is 0 Å². The average molecular weight is 641 g/mol. The van der Waals surface area contributed by atoms with Gasteiger partial charge in [-0.3, -0.25) is 19.2 Å². The van der Waals surface area contributed by atoms with E-state index in [1.165, 1.54) is 45.3 Å². The first kappa shape index (κ1) is 26.3. The van der Waals surface area contributed by atoms with Gasteiger partial charge in [0.15, 0.2) is 0 Å². The van der Waals surface area contributed by atoms with Crippen molar-refractivity contribution in [2.24, 2.45) is 0 Å². The van der Waals surface area contributed by atoms with Crippen molar-refractivity contribution in [3.63, 3.8) is 0 Å². The highest BCUT2D eigenvalue weighted by Gasteiger charge is 2.45. The van der Waals surface area contributed by atoms with E-state index in [9.17, 15) is 19.2 Å². The van der Waals surface area contributed by atoms with Crippen molar-refractivity contribution in [1.29, 1.82) is 0 Å². The molecule has 4 amide bonds. The third-order valence-corrected chi connectivity index (χ3v) is 12.1. The molecule has 4 aliphatic rings. The van der Waals surface area contributed by atoms with Gasteiger partial charge in [0, 0.05) is 26.6 Å². The third kappa shape index (κ3) is 3.84. The number of hydrogen-bond donors (Lipinski definition) is 3. The molecular weight excluding hydrogens is 621 g/mol. The van der Waals surface area contributed by atoms with Crippen LogP contribution in [0.1, 0.15) is 29.3 Å². The number of carbonyl (C=O) groups is 4. The van der Waals surface area contributed by atoms with Gasteiger partial charge in [0.05, 0.1) is 64.6 Å². The molecule has 212 valence electrons. The lowest BCUT2D eigenvalue weighted by molar-refractivity contribution is -0.122. The van der Waals surface area contributed by atoms with Crippen LogP contribution in [-0.2, 0) is 19.2 Å². The van der Waals surface area contributed by atoms with E-state index in [4.69, 9.17) is 0 Å². The Labute approximate surface area is 261 Å². The molecule has 0 fully saturated rings. The van der Waals surface area contributed by atoms with Crippen molar-refractivity contribution < 1.29 is 19.2 Å². The van der Waals surface area contributed by atoms with E-state index in [0.29, 0.717) is 45.1 Å². The summed E-state index contributed by atoms with van der Waals surface area (Å²) in [6.45, 7) is 3.97. The monoisotopic (exact) mass is 640 g/mol. The Morgan fingerprint density at radius 1 is 0.488 bits per heavy atom. The molecule has 0 aliphatic carbocycles. The number of aryl methyl sites for hydroxylation is 2. The van der Waals surface area contributed by atoms with Crippen LogP contribution in [0, 0.1) is 13.8 Å². The second-order valence-corrected chi connectivity index (χ2v) is 15.1. The molecular formula is C31H20N4O4S4. The zero-order valence-electron chi connectivity index (χ0n) is 22.8. The number of hydrogen-bond acceptors (Lipinski definition) is 8. The first-order valence-corrected chi connectivity index (χ1v) is 16.5. The lowest BCUT2D eigenvalue weighted by atomic mass is 10.1. The van der Waals surface area contributed by atoms with Gasteiger partial charge in [-0.1, -0.05) is 0 Å². The van der Waals surface area contributed by atoms with Crippen molar-refractivity contribution in [3.8, 4) is 9.75 Å². The molecule has 4 aromatic rings. The van der Waals surface area contributed by atoms with Crippen LogP contribution < -0.4 is 16.0 Å². The summed E-state index contributed by atoms with van der Waals surface area (Å²) in [5.41, 5.74) is 3.79. The fourth-order valence-corrected chi connectivity index (χ4v) is 9.66. The van der Waals surface area contributed by atoms with Gasteiger partial charge in [0.2, 0.25) is 0 Å². The van der Waals surface area contributed by atoms with E-state index in [1.54, 1.807) is 11.9 Å². The predicted octanol–water partition coefficient (Wildman–Crippen LogP) is 5.32. The molecule has 0 radical (unpaired) electrons. The SMILES string of the molecule is Cc1ccc(C2=C3C(=O)NC(c4ccc(-c5ccc(C6=C7C(=O)NC(c8ccc(C)s8)=C7C(=O)N6C)s5)s4)=C3C(=O)N2)s1. The summed E-state index contributed by atoms with van der Waals surface area (Å²) in [5.74, 6) is -1.08. The largest absolute Gasteiger partial charge is 0.320 e. The first-order valence-electron chi connectivity index (χ1n) is 13.2. The third-order valence-electron chi connectivity index (χ3n) is 7.65. The Morgan fingerprint density at radius 2 is 0.884 bits per heavy atom. The molecule has 3 N–H and O–H groups in total. The van der Waals surface area contributed by atoms with Crippen LogP contribution in [0.15, 0.2) is 70.8 Å². The first-order chi connectivity index (χ1) is 20.7. The number of amides is 4. The molecule has 8 nitrogen and oxygen atoms in total. The van der Waals surface area contributed by atoms with Gasteiger partial charge < -0.3 is 20.9 Å². The van der Waals surface area contributed by atoms with E-state index < -0.39 is 0 Å². The fourth-order valence-electron chi connectivity index (χ4n) is 5.72. The van der Waals surface area contributed by atoms with Gasteiger partial charge in [0.25, 0.3) is 23.6 Å².